The number of para-hydroxylation sites is 1. The number of aliphatic imine (C=N–C) groups is 1. The van der Waals surface area contributed by atoms with Crippen LogP contribution in [0.3, 0.4) is 0 Å². The average molecular weight is 539 g/mol. The van der Waals surface area contributed by atoms with E-state index in [1.54, 1.807) is 12.4 Å². The van der Waals surface area contributed by atoms with Gasteiger partial charge in [0, 0.05) is 57.2 Å². The maximum absolute atomic E-state index is 5.98. The fourth-order valence-corrected chi connectivity index (χ4v) is 3.27. The van der Waals surface area contributed by atoms with Crippen molar-refractivity contribution in [3.8, 4) is 5.75 Å². The van der Waals surface area contributed by atoms with Gasteiger partial charge in [0.2, 0.25) is 5.95 Å². The highest BCUT2D eigenvalue weighted by Crippen LogP contribution is 2.19. The van der Waals surface area contributed by atoms with Gasteiger partial charge < -0.3 is 24.8 Å². The first kappa shape index (κ1) is 25.1. The Morgan fingerprint density at radius 2 is 1.81 bits per heavy atom. The molecule has 1 aromatic heterocycles. The Hall–Kier alpha value is -2.14. The molecule has 0 unspecified atom stereocenters. The topological polar surface area (TPSA) is 69.1 Å². The van der Waals surface area contributed by atoms with Crippen LogP contribution in [0, 0.1) is 0 Å². The largest absolute Gasteiger partial charge is 0.492 e. The summed E-state index contributed by atoms with van der Waals surface area (Å²) in [4.78, 5) is 20.3. The van der Waals surface area contributed by atoms with Gasteiger partial charge in [-0.25, -0.2) is 15.0 Å². The smallest absolute Gasteiger partial charge is 0.225 e. The van der Waals surface area contributed by atoms with E-state index < -0.39 is 0 Å². The van der Waals surface area contributed by atoms with Crippen LogP contribution in [0.2, 0.25) is 0 Å². The standard InChI is InChI=1S/C22H33N7O.HI/c1-4-23-21(28-12-14-29(15-13-28)22-24-10-7-11-25-22)26-18-19-8-5-6-9-20(19)30-17-16-27(2)3;/h5-11H,4,12-18H2,1-3H3,(H,23,26);1H. The zero-order valence-corrected chi connectivity index (χ0v) is 21.0. The average Bonchev–Trinajstić information content (AvgIpc) is 2.78. The van der Waals surface area contributed by atoms with Crippen LogP contribution in [-0.4, -0.2) is 85.7 Å². The number of likely N-dealkylation sites (N-methyl/N-ethyl adjacent to an activating group) is 1. The summed E-state index contributed by atoms with van der Waals surface area (Å²) in [6, 6.07) is 10.00. The van der Waals surface area contributed by atoms with Crippen molar-refractivity contribution in [2.45, 2.75) is 13.5 Å². The molecule has 0 spiro atoms. The summed E-state index contributed by atoms with van der Waals surface area (Å²) < 4.78 is 5.98. The molecule has 1 saturated heterocycles. The summed E-state index contributed by atoms with van der Waals surface area (Å²) in [6.45, 7) is 8.58. The van der Waals surface area contributed by atoms with Crippen molar-refractivity contribution in [2.75, 3.05) is 64.9 Å². The number of halogens is 1. The number of piperazine rings is 1. The highest BCUT2D eigenvalue weighted by atomic mass is 127. The Balaban J connectivity index is 0.00000341. The van der Waals surface area contributed by atoms with E-state index in [1.807, 2.05) is 38.4 Å². The Morgan fingerprint density at radius 3 is 2.48 bits per heavy atom. The lowest BCUT2D eigenvalue weighted by Gasteiger charge is -2.36. The number of ether oxygens (including phenoxy) is 1. The van der Waals surface area contributed by atoms with Crippen molar-refractivity contribution in [2.24, 2.45) is 4.99 Å². The van der Waals surface area contributed by atoms with Crippen molar-refractivity contribution in [3.05, 3.63) is 48.3 Å². The molecular weight excluding hydrogens is 505 g/mol. The highest BCUT2D eigenvalue weighted by Gasteiger charge is 2.21. The van der Waals surface area contributed by atoms with Crippen molar-refractivity contribution >= 4 is 35.9 Å². The molecular formula is C22H34IN7O. The van der Waals surface area contributed by atoms with Crippen molar-refractivity contribution in [3.63, 3.8) is 0 Å². The third-order valence-electron chi connectivity index (χ3n) is 4.92. The maximum Gasteiger partial charge on any atom is 0.225 e. The van der Waals surface area contributed by atoms with Gasteiger partial charge in [0.1, 0.15) is 12.4 Å². The van der Waals surface area contributed by atoms with Crippen LogP contribution in [0.15, 0.2) is 47.7 Å². The lowest BCUT2D eigenvalue weighted by Crippen LogP contribution is -2.52. The van der Waals surface area contributed by atoms with Crippen LogP contribution < -0.4 is 15.0 Å². The minimum absolute atomic E-state index is 0. The summed E-state index contributed by atoms with van der Waals surface area (Å²) in [6.07, 6.45) is 3.58. The summed E-state index contributed by atoms with van der Waals surface area (Å²) in [5.74, 6) is 2.64. The van der Waals surface area contributed by atoms with E-state index in [4.69, 9.17) is 9.73 Å². The lowest BCUT2D eigenvalue weighted by atomic mass is 10.2. The molecule has 0 amide bonds. The fourth-order valence-electron chi connectivity index (χ4n) is 3.27. The monoisotopic (exact) mass is 539 g/mol. The van der Waals surface area contributed by atoms with Crippen LogP contribution in [0.5, 0.6) is 5.75 Å². The number of rotatable bonds is 8. The van der Waals surface area contributed by atoms with Gasteiger partial charge in [-0.2, -0.15) is 0 Å². The van der Waals surface area contributed by atoms with E-state index in [0.29, 0.717) is 13.2 Å². The second-order valence-electron chi connectivity index (χ2n) is 7.45. The first-order valence-electron chi connectivity index (χ1n) is 10.6. The summed E-state index contributed by atoms with van der Waals surface area (Å²) in [7, 11) is 4.10. The molecule has 2 aromatic rings. The van der Waals surface area contributed by atoms with Gasteiger partial charge in [-0.05, 0) is 33.2 Å². The number of guanidine groups is 1. The number of benzene rings is 1. The van der Waals surface area contributed by atoms with Crippen LogP contribution in [-0.2, 0) is 6.54 Å². The van der Waals surface area contributed by atoms with Gasteiger partial charge in [0.15, 0.2) is 5.96 Å². The normalized spacial score (nSPS) is 14.4. The third-order valence-corrected chi connectivity index (χ3v) is 4.92. The molecule has 0 aliphatic carbocycles. The van der Waals surface area contributed by atoms with Crippen LogP contribution in [0.4, 0.5) is 5.95 Å². The van der Waals surface area contributed by atoms with Gasteiger partial charge in [-0.15, -0.1) is 24.0 Å². The second kappa shape index (κ2) is 13.3. The first-order valence-corrected chi connectivity index (χ1v) is 10.6. The Kier molecular flexibility index (Phi) is 10.8. The van der Waals surface area contributed by atoms with Crippen molar-refractivity contribution in [1.82, 2.24) is 25.1 Å². The van der Waals surface area contributed by atoms with Gasteiger partial charge in [0.05, 0.1) is 6.54 Å². The zero-order valence-electron chi connectivity index (χ0n) is 18.7. The van der Waals surface area contributed by atoms with Gasteiger partial charge >= 0.3 is 0 Å². The number of nitrogens with zero attached hydrogens (tertiary/aromatic N) is 6. The molecule has 1 N–H and O–H groups in total. The molecule has 170 valence electrons. The summed E-state index contributed by atoms with van der Waals surface area (Å²) in [5, 5.41) is 3.43. The highest BCUT2D eigenvalue weighted by molar-refractivity contribution is 14.0. The van der Waals surface area contributed by atoms with E-state index in [-0.39, 0.29) is 24.0 Å². The fraction of sp³-hybridized carbons (Fsp3) is 0.500. The molecule has 1 aliphatic rings. The third kappa shape index (κ3) is 7.80. The molecule has 0 saturated carbocycles. The molecule has 0 radical (unpaired) electrons. The summed E-state index contributed by atoms with van der Waals surface area (Å²) >= 11 is 0. The molecule has 31 heavy (non-hydrogen) atoms. The lowest BCUT2D eigenvalue weighted by molar-refractivity contribution is 0.259. The van der Waals surface area contributed by atoms with Crippen LogP contribution in [0.25, 0.3) is 0 Å². The minimum atomic E-state index is 0. The SMILES string of the molecule is CCNC(=NCc1ccccc1OCCN(C)C)N1CCN(c2ncccn2)CC1.I. The van der Waals surface area contributed by atoms with Crippen molar-refractivity contribution < 1.29 is 4.74 Å². The quantitative estimate of drug-likeness (QED) is 0.314. The van der Waals surface area contributed by atoms with Gasteiger partial charge in [-0.3, -0.25) is 0 Å². The molecule has 8 nitrogen and oxygen atoms in total. The molecule has 0 bridgehead atoms. The van der Waals surface area contributed by atoms with Gasteiger partial charge in [-0.1, -0.05) is 18.2 Å². The molecule has 2 heterocycles. The maximum atomic E-state index is 5.98. The second-order valence-corrected chi connectivity index (χ2v) is 7.45. The molecule has 1 aromatic carbocycles. The van der Waals surface area contributed by atoms with Gasteiger partial charge in [0.25, 0.3) is 0 Å². The Bertz CT molecular complexity index is 795. The molecule has 0 atom stereocenters. The van der Waals surface area contributed by atoms with Crippen LogP contribution >= 0.6 is 24.0 Å². The van der Waals surface area contributed by atoms with Crippen LogP contribution in [0.1, 0.15) is 12.5 Å². The van der Waals surface area contributed by atoms with E-state index >= 15 is 0 Å². The number of hydrogen-bond acceptors (Lipinski definition) is 6. The van der Waals surface area contributed by atoms with Crippen molar-refractivity contribution in [1.29, 1.82) is 0 Å². The number of aromatic nitrogens is 2. The van der Waals surface area contributed by atoms with E-state index in [2.05, 4.69) is 43.0 Å². The first-order chi connectivity index (χ1) is 14.7. The molecule has 9 heteroatoms. The Labute approximate surface area is 202 Å². The minimum Gasteiger partial charge on any atom is -0.492 e. The molecule has 1 aliphatic heterocycles. The Morgan fingerprint density at radius 1 is 1.10 bits per heavy atom. The zero-order chi connectivity index (χ0) is 21.2. The predicted octanol–water partition coefficient (Wildman–Crippen LogP) is 2.32. The van der Waals surface area contributed by atoms with E-state index in [9.17, 15) is 0 Å². The molecule has 1 fully saturated rings. The van der Waals surface area contributed by atoms with E-state index in [0.717, 1.165) is 62.5 Å². The van der Waals surface area contributed by atoms with E-state index in [1.165, 1.54) is 0 Å². The number of anilines is 1. The molecule has 3 rings (SSSR count). The number of hydrogen-bond donors (Lipinski definition) is 1. The number of nitrogens with one attached hydrogen (secondary N) is 1. The summed E-state index contributed by atoms with van der Waals surface area (Å²) in [5.41, 5.74) is 1.10. The predicted molar refractivity (Wildman–Crippen MR) is 137 cm³/mol.